The van der Waals surface area contributed by atoms with Crippen LogP contribution >= 0.6 is 11.3 Å². The monoisotopic (exact) mass is 373 g/mol. The molecular formula is C20H27N3O2S. The van der Waals surface area contributed by atoms with Gasteiger partial charge >= 0.3 is 0 Å². The van der Waals surface area contributed by atoms with Gasteiger partial charge in [-0.05, 0) is 30.7 Å². The SMILES string of the molecule is CC(=O)NCCCc1ccc(-c2csc(NC(=O)CCC(C)C)n2)cc1. The molecule has 1 heterocycles. The van der Waals surface area contributed by atoms with E-state index in [0.29, 0.717) is 24.0 Å². The average molecular weight is 374 g/mol. The molecule has 2 rings (SSSR count). The summed E-state index contributed by atoms with van der Waals surface area (Å²) in [5.74, 6) is 0.550. The predicted molar refractivity (Wildman–Crippen MR) is 107 cm³/mol. The zero-order valence-electron chi connectivity index (χ0n) is 15.7. The Morgan fingerprint density at radius 1 is 1.19 bits per heavy atom. The molecule has 140 valence electrons. The highest BCUT2D eigenvalue weighted by molar-refractivity contribution is 7.14. The van der Waals surface area contributed by atoms with Gasteiger partial charge in [0.25, 0.3) is 0 Å². The van der Waals surface area contributed by atoms with Crippen LogP contribution < -0.4 is 10.6 Å². The maximum Gasteiger partial charge on any atom is 0.226 e. The molecule has 0 aliphatic carbocycles. The molecule has 0 unspecified atom stereocenters. The molecule has 0 saturated heterocycles. The van der Waals surface area contributed by atoms with Gasteiger partial charge in [0.15, 0.2) is 5.13 Å². The summed E-state index contributed by atoms with van der Waals surface area (Å²) in [6.07, 6.45) is 3.25. The number of aryl methyl sites for hydroxylation is 1. The first-order chi connectivity index (χ1) is 12.4. The zero-order chi connectivity index (χ0) is 18.9. The second-order valence-electron chi connectivity index (χ2n) is 6.80. The second-order valence-corrected chi connectivity index (χ2v) is 7.66. The van der Waals surface area contributed by atoms with Gasteiger partial charge in [-0.15, -0.1) is 11.3 Å². The van der Waals surface area contributed by atoms with Crippen LogP contribution in [0.3, 0.4) is 0 Å². The third-order valence-corrected chi connectivity index (χ3v) is 4.72. The van der Waals surface area contributed by atoms with Gasteiger partial charge in [0.05, 0.1) is 5.69 Å². The van der Waals surface area contributed by atoms with Crippen LogP contribution in [0.5, 0.6) is 0 Å². The Balaban J connectivity index is 1.86. The van der Waals surface area contributed by atoms with Crippen LogP contribution in [0.4, 0.5) is 5.13 Å². The fourth-order valence-electron chi connectivity index (χ4n) is 2.46. The van der Waals surface area contributed by atoms with Crippen molar-refractivity contribution in [2.24, 2.45) is 5.92 Å². The van der Waals surface area contributed by atoms with Crippen molar-refractivity contribution in [3.63, 3.8) is 0 Å². The van der Waals surface area contributed by atoms with Gasteiger partial charge in [0, 0.05) is 30.8 Å². The van der Waals surface area contributed by atoms with Gasteiger partial charge in [-0.1, -0.05) is 38.1 Å². The van der Waals surface area contributed by atoms with E-state index in [0.717, 1.165) is 30.5 Å². The van der Waals surface area contributed by atoms with E-state index >= 15 is 0 Å². The molecule has 1 aromatic carbocycles. The van der Waals surface area contributed by atoms with Crippen molar-refractivity contribution in [3.05, 3.63) is 35.2 Å². The Labute approximate surface area is 159 Å². The third-order valence-electron chi connectivity index (χ3n) is 3.97. The molecular weight excluding hydrogens is 346 g/mol. The Morgan fingerprint density at radius 3 is 2.58 bits per heavy atom. The molecule has 26 heavy (non-hydrogen) atoms. The first kappa shape index (κ1) is 20.1. The summed E-state index contributed by atoms with van der Waals surface area (Å²) >= 11 is 1.45. The molecule has 2 N–H and O–H groups in total. The van der Waals surface area contributed by atoms with Crippen LogP contribution in [0.1, 0.15) is 45.6 Å². The number of nitrogens with one attached hydrogen (secondary N) is 2. The van der Waals surface area contributed by atoms with E-state index in [9.17, 15) is 9.59 Å². The van der Waals surface area contributed by atoms with Gasteiger partial charge in [-0.25, -0.2) is 4.98 Å². The first-order valence-corrected chi connectivity index (χ1v) is 9.91. The van der Waals surface area contributed by atoms with Crippen molar-refractivity contribution in [2.75, 3.05) is 11.9 Å². The van der Waals surface area contributed by atoms with Crippen LogP contribution in [0.2, 0.25) is 0 Å². The van der Waals surface area contributed by atoms with Gasteiger partial charge in [0.1, 0.15) is 0 Å². The highest BCUT2D eigenvalue weighted by atomic mass is 32.1. The third kappa shape index (κ3) is 6.96. The molecule has 1 aromatic heterocycles. The minimum absolute atomic E-state index is 0.0102. The molecule has 5 nitrogen and oxygen atoms in total. The number of anilines is 1. The lowest BCUT2D eigenvalue weighted by Crippen LogP contribution is -2.21. The number of thiazole rings is 1. The van der Waals surface area contributed by atoms with Crippen LogP contribution in [0.25, 0.3) is 11.3 Å². The number of hydrogen-bond acceptors (Lipinski definition) is 4. The number of nitrogens with zero attached hydrogens (tertiary/aromatic N) is 1. The van der Waals surface area contributed by atoms with Crippen LogP contribution in [-0.4, -0.2) is 23.3 Å². The molecule has 0 aliphatic heterocycles. The quantitative estimate of drug-likeness (QED) is 0.645. The molecule has 0 radical (unpaired) electrons. The number of carbonyl (C=O) groups excluding carboxylic acids is 2. The number of aromatic nitrogens is 1. The summed E-state index contributed by atoms with van der Waals surface area (Å²) in [6.45, 7) is 6.45. The van der Waals surface area contributed by atoms with E-state index in [1.807, 2.05) is 17.5 Å². The summed E-state index contributed by atoms with van der Waals surface area (Å²) < 4.78 is 0. The predicted octanol–water partition coefficient (Wildman–Crippen LogP) is 4.25. The maximum atomic E-state index is 11.9. The van der Waals surface area contributed by atoms with Gasteiger partial charge in [-0.2, -0.15) is 0 Å². The zero-order valence-corrected chi connectivity index (χ0v) is 16.5. The standard InChI is InChI=1S/C20H27N3O2S/c1-14(2)6-11-19(25)23-20-22-18(13-26-20)17-9-7-16(8-10-17)5-4-12-21-15(3)24/h7-10,13-14H,4-6,11-12H2,1-3H3,(H,21,24)(H,22,23,25). The van der Waals surface area contributed by atoms with E-state index in [4.69, 9.17) is 0 Å². The van der Waals surface area contributed by atoms with E-state index in [-0.39, 0.29) is 11.8 Å². The topological polar surface area (TPSA) is 71.1 Å². The lowest BCUT2D eigenvalue weighted by atomic mass is 10.1. The summed E-state index contributed by atoms with van der Waals surface area (Å²) in [4.78, 5) is 27.3. The van der Waals surface area contributed by atoms with Crippen molar-refractivity contribution in [1.29, 1.82) is 0 Å². The smallest absolute Gasteiger partial charge is 0.226 e. The fourth-order valence-corrected chi connectivity index (χ4v) is 3.20. The average Bonchev–Trinajstić information content (AvgIpc) is 3.05. The number of amides is 2. The molecule has 0 fully saturated rings. The Morgan fingerprint density at radius 2 is 1.92 bits per heavy atom. The molecule has 0 saturated carbocycles. The van der Waals surface area contributed by atoms with E-state index in [2.05, 4.69) is 41.6 Å². The summed E-state index contributed by atoms with van der Waals surface area (Å²) in [5.41, 5.74) is 3.14. The summed E-state index contributed by atoms with van der Waals surface area (Å²) in [6, 6.07) is 8.27. The van der Waals surface area contributed by atoms with Crippen molar-refractivity contribution in [1.82, 2.24) is 10.3 Å². The van der Waals surface area contributed by atoms with E-state index < -0.39 is 0 Å². The maximum absolute atomic E-state index is 11.9. The normalized spacial score (nSPS) is 10.8. The molecule has 2 aromatic rings. The number of hydrogen-bond donors (Lipinski definition) is 2. The lowest BCUT2D eigenvalue weighted by molar-refractivity contribution is -0.119. The Kier molecular flexibility index (Phi) is 7.78. The van der Waals surface area contributed by atoms with Gasteiger partial charge in [0.2, 0.25) is 11.8 Å². The molecule has 6 heteroatoms. The Hall–Kier alpha value is -2.21. The molecule has 0 bridgehead atoms. The minimum atomic E-state index is 0.0102. The number of rotatable bonds is 9. The van der Waals surface area contributed by atoms with Crippen molar-refractivity contribution in [3.8, 4) is 11.3 Å². The molecule has 0 spiro atoms. The highest BCUT2D eigenvalue weighted by Gasteiger charge is 2.09. The van der Waals surface area contributed by atoms with E-state index in [1.165, 1.54) is 23.8 Å². The lowest BCUT2D eigenvalue weighted by Gasteiger charge is -2.04. The summed E-state index contributed by atoms with van der Waals surface area (Å²) in [5, 5.41) is 8.29. The fraction of sp³-hybridized carbons (Fsp3) is 0.450. The second kappa shape index (κ2) is 10.1. The minimum Gasteiger partial charge on any atom is -0.356 e. The summed E-state index contributed by atoms with van der Waals surface area (Å²) in [7, 11) is 0. The largest absolute Gasteiger partial charge is 0.356 e. The van der Waals surface area contributed by atoms with Crippen LogP contribution in [0, 0.1) is 5.92 Å². The van der Waals surface area contributed by atoms with Crippen molar-refractivity contribution < 1.29 is 9.59 Å². The van der Waals surface area contributed by atoms with E-state index in [1.54, 1.807) is 0 Å². The van der Waals surface area contributed by atoms with Crippen molar-refractivity contribution in [2.45, 2.75) is 46.5 Å². The molecule has 2 amide bonds. The van der Waals surface area contributed by atoms with Crippen LogP contribution in [0.15, 0.2) is 29.6 Å². The van der Waals surface area contributed by atoms with Crippen LogP contribution in [-0.2, 0) is 16.0 Å². The molecule has 0 aliphatic rings. The highest BCUT2D eigenvalue weighted by Crippen LogP contribution is 2.25. The Bertz CT molecular complexity index is 723. The van der Waals surface area contributed by atoms with Crippen molar-refractivity contribution >= 4 is 28.3 Å². The number of benzene rings is 1. The van der Waals surface area contributed by atoms with Gasteiger partial charge in [-0.3, -0.25) is 9.59 Å². The number of carbonyl (C=O) groups is 2. The molecule has 0 atom stereocenters. The first-order valence-electron chi connectivity index (χ1n) is 9.03. The van der Waals surface area contributed by atoms with Gasteiger partial charge < -0.3 is 10.6 Å².